The Hall–Kier alpha value is -2.33. The maximum absolute atomic E-state index is 6.09. The quantitative estimate of drug-likeness (QED) is 0.662. The third-order valence-electron chi connectivity index (χ3n) is 4.16. The monoisotopic (exact) mass is 323 g/mol. The average Bonchev–Trinajstić information content (AvgIpc) is 2.95. The molecular weight excluding hydrogens is 298 g/mol. The summed E-state index contributed by atoms with van der Waals surface area (Å²) in [7, 11) is 0. The topological polar surface area (TPSA) is 53.1 Å². The van der Waals surface area contributed by atoms with Gasteiger partial charge in [0, 0.05) is 6.54 Å². The summed E-state index contributed by atoms with van der Waals surface area (Å²) < 4.78 is 8.04. The van der Waals surface area contributed by atoms with Crippen LogP contribution in [0.4, 0.5) is 0 Å². The minimum absolute atomic E-state index is 0.0683. The SMILES string of the molecule is Cc1ccc(OCCCCn2c(C(C)N)nc3ccccc32)cc1. The van der Waals surface area contributed by atoms with Gasteiger partial charge in [0.25, 0.3) is 0 Å². The molecule has 2 aromatic carbocycles. The fourth-order valence-electron chi connectivity index (χ4n) is 2.87. The van der Waals surface area contributed by atoms with Gasteiger partial charge in [-0.2, -0.15) is 0 Å². The van der Waals surface area contributed by atoms with Crippen molar-refractivity contribution in [2.24, 2.45) is 5.73 Å². The zero-order valence-corrected chi connectivity index (χ0v) is 14.4. The molecule has 2 N–H and O–H groups in total. The molecule has 1 atom stereocenters. The Morgan fingerprint density at radius 2 is 1.83 bits per heavy atom. The van der Waals surface area contributed by atoms with Crippen molar-refractivity contribution in [3.63, 3.8) is 0 Å². The summed E-state index contributed by atoms with van der Waals surface area (Å²) in [5.74, 6) is 1.89. The highest BCUT2D eigenvalue weighted by Gasteiger charge is 2.13. The lowest BCUT2D eigenvalue weighted by Crippen LogP contribution is -2.14. The lowest BCUT2D eigenvalue weighted by atomic mass is 10.2. The molecule has 126 valence electrons. The summed E-state index contributed by atoms with van der Waals surface area (Å²) in [5.41, 5.74) is 9.51. The highest BCUT2D eigenvalue weighted by molar-refractivity contribution is 5.76. The van der Waals surface area contributed by atoms with Crippen LogP contribution in [-0.4, -0.2) is 16.2 Å². The minimum Gasteiger partial charge on any atom is -0.494 e. The molecule has 0 aliphatic carbocycles. The van der Waals surface area contributed by atoms with E-state index < -0.39 is 0 Å². The van der Waals surface area contributed by atoms with Crippen molar-refractivity contribution in [2.45, 2.75) is 39.3 Å². The second-order valence-electron chi connectivity index (χ2n) is 6.27. The molecular formula is C20H25N3O. The first-order valence-corrected chi connectivity index (χ1v) is 8.55. The number of benzene rings is 2. The number of hydrogen-bond donors (Lipinski definition) is 1. The number of unbranched alkanes of at least 4 members (excludes halogenated alkanes) is 1. The molecule has 0 aliphatic heterocycles. The second kappa shape index (κ2) is 7.49. The van der Waals surface area contributed by atoms with Crippen LogP contribution in [0.25, 0.3) is 11.0 Å². The molecule has 3 rings (SSSR count). The number of ether oxygens (including phenoxy) is 1. The number of aromatic nitrogens is 2. The molecule has 4 heteroatoms. The van der Waals surface area contributed by atoms with Gasteiger partial charge in [0.1, 0.15) is 11.6 Å². The molecule has 4 nitrogen and oxygen atoms in total. The van der Waals surface area contributed by atoms with Crippen LogP contribution in [-0.2, 0) is 6.54 Å². The van der Waals surface area contributed by atoms with Crippen molar-refractivity contribution >= 4 is 11.0 Å². The van der Waals surface area contributed by atoms with Crippen molar-refractivity contribution in [3.05, 3.63) is 59.9 Å². The van der Waals surface area contributed by atoms with Gasteiger partial charge in [0.2, 0.25) is 0 Å². The Labute approximate surface area is 143 Å². The molecule has 1 aromatic heterocycles. The van der Waals surface area contributed by atoms with Gasteiger partial charge < -0.3 is 15.0 Å². The van der Waals surface area contributed by atoms with E-state index in [4.69, 9.17) is 10.5 Å². The number of imidazole rings is 1. The normalized spacial score (nSPS) is 12.5. The Kier molecular flexibility index (Phi) is 5.16. The molecule has 0 spiro atoms. The van der Waals surface area contributed by atoms with Crippen molar-refractivity contribution in [1.82, 2.24) is 9.55 Å². The molecule has 24 heavy (non-hydrogen) atoms. The molecule has 0 bridgehead atoms. The lowest BCUT2D eigenvalue weighted by molar-refractivity contribution is 0.303. The average molecular weight is 323 g/mol. The number of nitrogens with two attached hydrogens (primary N) is 1. The highest BCUT2D eigenvalue weighted by Crippen LogP contribution is 2.20. The van der Waals surface area contributed by atoms with Crippen LogP contribution < -0.4 is 10.5 Å². The fourth-order valence-corrected chi connectivity index (χ4v) is 2.87. The number of para-hydroxylation sites is 2. The molecule has 1 unspecified atom stereocenters. The van der Waals surface area contributed by atoms with Crippen LogP contribution in [0.2, 0.25) is 0 Å². The van der Waals surface area contributed by atoms with E-state index in [1.54, 1.807) is 0 Å². The maximum Gasteiger partial charge on any atom is 0.126 e. The van der Waals surface area contributed by atoms with Gasteiger partial charge in [-0.15, -0.1) is 0 Å². The summed E-state index contributed by atoms with van der Waals surface area (Å²) in [6.45, 7) is 5.70. The number of hydrogen-bond acceptors (Lipinski definition) is 3. The predicted octanol–water partition coefficient (Wildman–Crippen LogP) is 4.22. The van der Waals surface area contributed by atoms with Crippen LogP contribution in [0.3, 0.4) is 0 Å². The molecule has 0 saturated carbocycles. The van der Waals surface area contributed by atoms with Crippen LogP contribution in [0.1, 0.15) is 37.2 Å². The molecule has 0 saturated heterocycles. The molecule has 0 aliphatic rings. The van der Waals surface area contributed by atoms with Crippen molar-refractivity contribution in [3.8, 4) is 5.75 Å². The first-order valence-electron chi connectivity index (χ1n) is 8.55. The number of rotatable bonds is 7. The largest absolute Gasteiger partial charge is 0.494 e. The Bertz CT molecular complexity index is 790. The van der Waals surface area contributed by atoms with Gasteiger partial charge in [-0.1, -0.05) is 29.8 Å². The van der Waals surface area contributed by atoms with Crippen molar-refractivity contribution in [1.29, 1.82) is 0 Å². The number of fused-ring (bicyclic) bond motifs is 1. The van der Waals surface area contributed by atoms with Crippen LogP contribution in [0.5, 0.6) is 5.75 Å². The van der Waals surface area contributed by atoms with E-state index in [1.165, 1.54) is 5.56 Å². The molecule has 1 heterocycles. The van der Waals surface area contributed by atoms with E-state index in [2.05, 4.69) is 34.7 Å². The standard InChI is InChI=1S/C20H25N3O/c1-15-9-11-17(12-10-15)24-14-6-5-13-23-19-8-4-3-7-18(19)22-20(23)16(2)21/h3-4,7-12,16H,5-6,13-14,21H2,1-2H3. The van der Waals surface area contributed by atoms with Crippen LogP contribution >= 0.6 is 0 Å². The first kappa shape index (κ1) is 16.5. The van der Waals surface area contributed by atoms with Crippen molar-refractivity contribution in [2.75, 3.05) is 6.61 Å². The smallest absolute Gasteiger partial charge is 0.126 e. The van der Waals surface area contributed by atoms with Gasteiger partial charge in [-0.3, -0.25) is 0 Å². The zero-order chi connectivity index (χ0) is 16.9. The maximum atomic E-state index is 6.09. The third kappa shape index (κ3) is 3.77. The Balaban J connectivity index is 1.57. The minimum atomic E-state index is -0.0683. The van der Waals surface area contributed by atoms with Gasteiger partial charge >= 0.3 is 0 Å². The van der Waals surface area contributed by atoms with Crippen LogP contribution in [0.15, 0.2) is 48.5 Å². The van der Waals surface area contributed by atoms with Gasteiger partial charge in [-0.25, -0.2) is 4.98 Å². The summed E-state index contributed by atoms with van der Waals surface area (Å²) in [5, 5.41) is 0. The highest BCUT2D eigenvalue weighted by atomic mass is 16.5. The first-order chi connectivity index (χ1) is 11.6. The van der Waals surface area contributed by atoms with E-state index in [-0.39, 0.29) is 6.04 Å². The van der Waals surface area contributed by atoms with Crippen LogP contribution in [0, 0.1) is 6.92 Å². The summed E-state index contributed by atoms with van der Waals surface area (Å²) in [4.78, 5) is 4.67. The lowest BCUT2D eigenvalue weighted by Gasteiger charge is -2.12. The number of nitrogens with zero attached hydrogens (tertiary/aromatic N) is 2. The summed E-state index contributed by atoms with van der Waals surface area (Å²) in [6.07, 6.45) is 2.03. The van der Waals surface area contributed by atoms with Gasteiger partial charge in [0.15, 0.2) is 0 Å². The third-order valence-corrected chi connectivity index (χ3v) is 4.16. The van der Waals surface area contributed by atoms with E-state index in [9.17, 15) is 0 Å². The van der Waals surface area contributed by atoms with Crippen molar-refractivity contribution < 1.29 is 4.74 Å². The molecule has 0 amide bonds. The van der Waals surface area contributed by atoms with E-state index in [0.29, 0.717) is 0 Å². The summed E-state index contributed by atoms with van der Waals surface area (Å²) in [6, 6.07) is 16.3. The summed E-state index contributed by atoms with van der Waals surface area (Å²) >= 11 is 0. The molecule has 0 radical (unpaired) electrons. The van der Waals surface area contributed by atoms with E-state index >= 15 is 0 Å². The van der Waals surface area contributed by atoms with Gasteiger partial charge in [-0.05, 0) is 51.0 Å². The molecule has 3 aromatic rings. The Morgan fingerprint density at radius 3 is 2.58 bits per heavy atom. The second-order valence-corrected chi connectivity index (χ2v) is 6.27. The number of aryl methyl sites for hydroxylation is 2. The van der Waals surface area contributed by atoms with E-state index in [0.717, 1.165) is 48.6 Å². The van der Waals surface area contributed by atoms with Gasteiger partial charge in [0.05, 0.1) is 23.7 Å². The zero-order valence-electron chi connectivity index (χ0n) is 14.4. The molecule has 0 fully saturated rings. The Morgan fingerprint density at radius 1 is 1.08 bits per heavy atom. The predicted molar refractivity (Wildman–Crippen MR) is 98.2 cm³/mol. The fraction of sp³-hybridized carbons (Fsp3) is 0.350. The van der Waals surface area contributed by atoms with E-state index in [1.807, 2.05) is 37.3 Å².